The van der Waals surface area contributed by atoms with Crippen molar-refractivity contribution in [3.8, 4) is 0 Å². The first-order valence-corrected chi connectivity index (χ1v) is 21.3. The van der Waals surface area contributed by atoms with Crippen LogP contribution >= 0.6 is 23.1 Å². The van der Waals surface area contributed by atoms with Gasteiger partial charge in [0.25, 0.3) is 0 Å². The maximum atomic E-state index is 2.43. The molecule has 0 saturated heterocycles. The van der Waals surface area contributed by atoms with Crippen molar-refractivity contribution in [2.45, 2.75) is 5.40 Å². The summed E-state index contributed by atoms with van der Waals surface area (Å²) in [4.78, 5) is 0. The Morgan fingerprint density at radius 3 is 0.872 bits per heavy atom. The maximum absolute atomic E-state index is 2.77. The van der Waals surface area contributed by atoms with Crippen LogP contribution in [0.4, 0.5) is 0 Å². The van der Waals surface area contributed by atoms with Crippen molar-refractivity contribution >= 4 is 60.2 Å². The Hall–Kier alpha value is -4.17. The van der Waals surface area contributed by atoms with E-state index in [4.69, 9.17) is 0 Å². The van der Waals surface area contributed by atoms with Crippen LogP contribution < -0.4 is 37.1 Å². The number of hydrogen-bond acceptors (Lipinski definition) is 0. The molecular weight excluding hydrogens is 621 g/mol. The molecule has 0 aromatic heterocycles. The van der Waals surface area contributed by atoms with Gasteiger partial charge in [0.1, 0.15) is 0 Å². The molecule has 47 heavy (non-hydrogen) atoms. The summed E-state index contributed by atoms with van der Waals surface area (Å²) in [6.45, 7) is 0. The van der Waals surface area contributed by atoms with Crippen molar-refractivity contribution in [3.63, 3.8) is 0 Å². The molecule has 0 N–H and O–H groups in total. The predicted octanol–water partition coefficient (Wildman–Crippen LogP) is 8.30. The third-order valence-electron chi connectivity index (χ3n) is 9.06. The molecule has 1 unspecified atom stereocenters. The molecular formula is C44H39P3. The average molecular weight is 661 g/mol. The summed E-state index contributed by atoms with van der Waals surface area (Å²) < 4.78 is 0. The first-order chi connectivity index (χ1) is 23.4. The summed E-state index contributed by atoms with van der Waals surface area (Å²) in [6, 6.07) is 80.0. The molecule has 0 bridgehead atoms. The van der Waals surface area contributed by atoms with E-state index in [-0.39, 0.29) is 0 Å². The van der Waals surface area contributed by atoms with Gasteiger partial charge < -0.3 is 0 Å². The number of benzene rings is 7. The first-order valence-electron chi connectivity index (χ1n) is 16.3. The molecule has 0 aliphatic carbocycles. The fourth-order valence-corrected chi connectivity index (χ4v) is 22.0. The third kappa shape index (κ3) is 6.66. The molecule has 3 heteroatoms. The fourth-order valence-electron chi connectivity index (χ4n) is 7.03. The van der Waals surface area contributed by atoms with Crippen molar-refractivity contribution in [1.82, 2.24) is 0 Å². The van der Waals surface area contributed by atoms with Gasteiger partial charge in [-0.05, 0) is 0 Å². The standard InChI is InChI=1S/C44H39P3/c1-8-22-37(23-9-1)45(38-24-10-2-11-25-38)36-44(46(39-26-12-3-13-27-39)40-28-14-4-15-29-40)47(41-30-16-5-17-31-41,42-32-18-6-19-33-42)43-34-20-7-21-35-43/h1-35,44,47H,36H2. The molecule has 230 valence electrons. The van der Waals surface area contributed by atoms with Gasteiger partial charge in [-0.1, -0.05) is 0 Å². The van der Waals surface area contributed by atoms with Crippen LogP contribution in [0.25, 0.3) is 0 Å². The van der Waals surface area contributed by atoms with Crippen LogP contribution in [-0.2, 0) is 0 Å². The van der Waals surface area contributed by atoms with Gasteiger partial charge in [-0.15, -0.1) is 0 Å². The molecule has 0 spiro atoms. The Kier molecular flexibility index (Phi) is 10.1. The molecule has 0 aliphatic rings. The fraction of sp³-hybridized carbons (Fsp3) is 0.0455. The van der Waals surface area contributed by atoms with Gasteiger partial charge in [0.15, 0.2) is 0 Å². The summed E-state index contributed by atoms with van der Waals surface area (Å²) in [5.74, 6) is 0. The van der Waals surface area contributed by atoms with Crippen molar-refractivity contribution in [2.75, 3.05) is 6.16 Å². The summed E-state index contributed by atoms with van der Waals surface area (Å²) in [5, 5.41) is 10.5. The molecule has 0 aliphatic heterocycles. The minimum absolute atomic E-state index is 0.334. The summed E-state index contributed by atoms with van der Waals surface area (Å²) in [6.07, 6.45) is 1.07. The van der Waals surface area contributed by atoms with Crippen molar-refractivity contribution in [1.29, 1.82) is 0 Å². The van der Waals surface area contributed by atoms with E-state index in [1.54, 1.807) is 0 Å². The zero-order valence-corrected chi connectivity index (χ0v) is 29.2. The minimum atomic E-state index is -2.77. The van der Waals surface area contributed by atoms with Gasteiger partial charge >= 0.3 is 284 Å². The molecule has 7 rings (SSSR count). The van der Waals surface area contributed by atoms with E-state index < -0.39 is 23.1 Å². The van der Waals surface area contributed by atoms with E-state index in [1.165, 1.54) is 37.1 Å². The second-order valence-corrected chi connectivity index (χ2v) is 20.9. The molecule has 1 atom stereocenters. The Balaban J connectivity index is 1.60. The number of rotatable bonds is 11. The van der Waals surface area contributed by atoms with Crippen LogP contribution in [0.15, 0.2) is 212 Å². The molecule has 0 fully saturated rings. The van der Waals surface area contributed by atoms with Crippen LogP contribution in [-0.4, -0.2) is 11.6 Å². The van der Waals surface area contributed by atoms with Crippen LogP contribution in [0.5, 0.6) is 0 Å². The van der Waals surface area contributed by atoms with Gasteiger partial charge in [-0.25, -0.2) is 0 Å². The van der Waals surface area contributed by atoms with Crippen LogP contribution in [0.3, 0.4) is 0 Å². The van der Waals surface area contributed by atoms with Crippen LogP contribution in [0.1, 0.15) is 0 Å². The van der Waals surface area contributed by atoms with Gasteiger partial charge in [0, 0.05) is 0 Å². The van der Waals surface area contributed by atoms with E-state index in [2.05, 4.69) is 212 Å². The van der Waals surface area contributed by atoms with E-state index >= 15 is 0 Å². The Labute approximate surface area is 283 Å². The van der Waals surface area contributed by atoms with E-state index in [0.29, 0.717) is 5.40 Å². The summed E-state index contributed by atoms with van der Waals surface area (Å²) in [7, 11) is -4.26. The van der Waals surface area contributed by atoms with E-state index in [0.717, 1.165) is 6.16 Å². The molecule has 0 saturated carbocycles. The Morgan fingerprint density at radius 2 is 0.574 bits per heavy atom. The van der Waals surface area contributed by atoms with Crippen molar-refractivity contribution in [2.24, 2.45) is 0 Å². The predicted molar refractivity (Wildman–Crippen MR) is 213 cm³/mol. The normalized spacial score (nSPS) is 12.6. The van der Waals surface area contributed by atoms with Crippen molar-refractivity contribution < 1.29 is 0 Å². The Morgan fingerprint density at radius 1 is 0.319 bits per heavy atom. The molecule has 0 heterocycles. The molecule has 7 aromatic carbocycles. The third-order valence-corrected chi connectivity index (χ3v) is 21.7. The SMILES string of the molecule is c1ccc(P(CC(P(c2ccccc2)c2ccccc2)[PH](c2ccccc2)(c2ccccc2)c2ccccc2)c2ccccc2)cc1. The average Bonchev–Trinajstić information content (AvgIpc) is 3.17. The molecule has 0 nitrogen and oxygen atoms in total. The molecule has 0 amide bonds. The summed E-state index contributed by atoms with van der Waals surface area (Å²) >= 11 is 0. The quantitative estimate of drug-likeness (QED) is 0.123. The van der Waals surface area contributed by atoms with Crippen LogP contribution in [0, 0.1) is 0 Å². The van der Waals surface area contributed by atoms with Gasteiger partial charge in [-0.3, -0.25) is 0 Å². The van der Waals surface area contributed by atoms with Gasteiger partial charge in [-0.2, -0.15) is 0 Å². The molecule has 7 aromatic rings. The van der Waals surface area contributed by atoms with Gasteiger partial charge in [0.2, 0.25) is 0 Å². The number of hydrogen-bond donors (Lipinski definition) is 0. The first kappa shape index (κ1) is 31.4. The summed E-state index contributed by atoms with van der Waals surface area (Å²) in [5.41, 5.74) is 0. The van der Waals surface area contributed by atoms with Crippen molar-refractivity contribution in [3.05, 3.63) is 212 Å². The Bertz CT molecular complexity index is 1760. The monoisotopic (exact) mass is 660 g/mol. The van der Waals surface area contributed by atoms with E-state index in [9.17, 15) is 0 Å². The molecule has 0 radical (unpaired) electrons. The zero-order valence-electron chi connectivity index (χ0n) is 26.4. The van der Waals surface area contributed by atoms with Crippen LogP contribution in [0.2, 0.25) is 0 Å². The zero-order chi connectivity index (χ0) is 31.7. The van der Waals surface area contributed by atoms with E-state index in [1.807, 2.05) is 0 Å². The second kappa shape index (κ2) is 15.2. The van der Waals surface area contributed by atoms with Gasteiger partial charge in [0.05, 0.1) is 0 Å². The second-order valence-electron chi connectivity index (χ2n) is 11.7. The topological polar surface area (TPSA) is 0 Å².